The molecule has 2 N–H and O–H groups in total. The number of anilines is 1. The van der Waals surface area contributed by atoms with Gasteiger partial charge in [0.15, 0.2) is 11.5 Å². The molecule has 136 valence electrons. The van der Waals surface area contributed by atoms with Gasteiger partial charge < -0.3 is 15.4 Å². The van der Waals surface area contributed by atoms with E-state index < -0.39 is 0 Å². The van der Waals surface area contributed by atoms with Crippen LogP contribution in [0.2, 0.25) is 0 Å². The van der Waals surface area contributed by atoms with Crippen molar-refractivity contribution in [3.8, 4) is 5.75 Å². The van der Waals surface area contributed by atoms with Crippen LogP contribution >= 0.6 is 0 Å². The molecule has 0 saturated carbocycles. The monoisotopic (exact) mass is 353 g/mol. The van der Waals surface area contributed by atoms with E-state index in [1.807, 2.05) is 28.8 Å². The number of carbonyl (C=O) groups is 1. The van der Waals surface area contributed by atoms with Crippen LogP contribution in [-0.2, 0) is 0 Å². The zero-order valence-electron chi connectivity index (χ0n) is 15.1. The molecule has 26 heavy (non-hydrogen) atoms. The highest BCUT2D eigenvalue weighted by Gasteiger charge is 2.21. The van der Waals surface area contributed by atoms with Gasteiger partial charge in [0.05, 0.1) is 13.2 Å². The molecule has 0 bridgehead atoms. The third-order valence-corrected chi connectivity index (χ3v) is 4.01. The predicted octanol–water partition coefficient (Wildman–Crippen LogP) is 3.65. The summed E-state index contributed by atoms with van der Waals surface area (Å²) in [7, 11) is 1.61. The van der Waals surface area contributed by atoms with Crippen LogP contribution in [0, 0.1) is 5.92 Å². The zero-order chi connectivity index (χ0) is 18.5. The van der Waals surface area contributed by atoms with Crippen LogP contribution in [-0.4, -0.2) is 27.7 Å². The molecule has 0 spiro atoms. The van der Waals surface area contributed by atoms with E-state index in [1.165, 1.54) is 0 Å². The zero-order valence-corrected chi connectivity index (χ0v) is 15.1. The summed E-state index contributed by atoms with van der Waals surface area (Å²) in [6.45, 7) is 4.22. The van der Waals surface area contributed by atoms with Gasteiger partial charge in [-0.1, -0.05) is 19.9 Å². The van der Waals surface area contributed by atoms with Crippen molar-refractivity contribution in [2.75, 3.05) is 12.4 Å². The predicted molar refractivity (Wildman–Crippen MR) is 100 cm³/mol. The molecule has 1 unspecified atom stereocenters. The molecule has 0 aliphatic heterocycles. The Bertz CT molecular complexity index is 873. The minimum Gasteiger partial charge on any atom is -0.497 e. The van der Waals surface area contributed by atoms with Crippen molar-refractivity contribution >= 4 is 17.4 Å². The molecule has 2 aromatic heterocycles. The van der Waals surface area contributed by atoms with Gasteiger partial charge in [-0.3, -0.25) is 4.40 Å². The van der Waals surface area contributed by atoms with Crippen LogP contribution in [0.25, 0.3) is 5.65 Å². The maximum absolute atomic E-state index is 12.5. The first-order valence-corrected chi connectivity index (χ1v) is 8.58. The summed E-state index contributed by atoms with van der Waals surface area (Å²) in [5, 5.41) is 14.3. The molecule has 0 saturated heterocycles. The molecule has 2 heterocycles. The van der Waals surface area contributed by atoms with Gasteiger partial charge in [0.2, 0.25) is 0 Å². The first-order valence-electron chi connectivity index (χ1n) is 8.58. The highest BCUT2D eigenvalue weighted by molar-refractivity contribution is 5.89. The summed E-state index contributed by atoms with van der Waals surface area (Å²) in [4.78, 5) is 12.5. The smallest absolute Gasteiger partial charge is 0.319 e. The number of nitrogens with one attached hydrogen (secondary N) is 2. The molecule has 0 radical (unpaired) electrons. The van der Waals surface area contributed by atoms with Crippen molar-refractivity contribution in [3.05, 3.63) is 54.5 Å². The lowest BCUT2D eigenvalue weighted by Gasteiger charge is -2.19. The number of hydrogen-bond donors (Lipinski definition) is 2. The molecular weight excluding hydrogens is 330 g/mol. The summed E-state index contributed by atoms with van der Waals surface area (Å²) in [6, 6.07) is 12.4. The third kappa shape index (κ3) is 4.11. The standard InChI is InChI=1S/C19H23N5O2/c1-13(2)12-16(18-23-22-17-6-4-5-11-24(17)18)21-19(25)20-14-7-9-15(26-3)10-8-14/h4-11,13,16H,12H2,1-3H3,(H2,20,21,25). The van der Waals surface area contributed by atoms with Crippen LogP contribution in [0.15, 0.2) is 48.7 Å². The highest BCUT2D eigenvalue weighted by atomic mass is 16.5. The van der Waals surface area contributed by atoms with E-state index in [2.05, 4.69) is 34.7 Å². The summed E-state index contributed by atoms with van der Waals surface area (Å²) in [5.41, 5.74) is 1.45. The van der Waals surface area contributed by atoms with Gasteiger partial charge in [-0.2, -0.15) is 0 Å². The number of aromatic nitrogens is 3. The van der Waals surface area contributed by atoms with E-state index in [0.29, 0.717) is 11.6 Å². The van der Waals surface area contributed by atoms with Gasteiger partial charge in [-0.25, -0.2) is 4.79 Å². The Kier molecular flexibility index (Phi) is 5.36. The molecule has 0 aliphatic carbocycles. The number of ether oxygens (including phenoxy) is 1. The molecule has 7 nitrogen and oxygen atoms in total. The molecule has 0 aliphatic rings. The fourth-order valence-electron chi connectivity index (χ4n) is 2.80. The lowest BCUT2D eigenvalue weighted by Crippen LogP contribution is -2.34. The molecule has 1 atom stereocenters. The maximum atomic E-state index is 12.5. The summed E-state index contributed by atoms with van der Waals surface area (Å²) in [6.07, 6.45) is 2.66. The second-order valence-corrected chi connectivity index (χ2v) is 6.50. The van der Waals surface area contributed by atoms with Gasteiger partial charge in [-0.15, -0.1) is 10.2 Å². The molecule has 7 heteroatoms. The van der Waals surface area contributed by atoms with E-state index in [0.717, 1.165) is 23.6 Å². The van der Waals surface area contributed by atoms with Crippen molar-refractivity contribution in [1.29, 1.82) is 0 Å². The average molecular weight is 353 g/mol. The second kappa shape index (κ2) is 7.86. The number of methoxy groups -OCH3 is 1. The number of amides is 2. The molecule has 2 amide bonds. The third-order valence-electron chi connectivity index (χ3n) is 4.01. The lowest BCUT2D eigenvalue weighted by atomic mass is 10.0. The normalized spacial score (nSPS) is 12.2. The average Bonchev–Trinajstić information content (AvgIpc) is 3.05. The number of hydrogen-bond acceptors (Lipinski definition) is 4. The number of fused-ring (bicyclic) bond motifs is 1. The first-order chi connectivity index (χ1) is 12.6. The van der Waals surface area contributed by atoms with Gasteiger partial charge in [0, 0.05) is 11.9 Å². The first kappa shape index (κ1) is 17.7. The molecule has 0 fully saturated rings. The van der Waals surface area contributed by atoms with Crippen LogP contribution in [0.3, 0.4) is 0 Å². The number of pyridine rings is 1. The fourth-order valence-corrected chi connectivity index (χ4v) is 2.80. The minimum absolute atomic E-state index is 0.245. The highest BCUT2D eigenvalue weighted by Crippen LogP contribution is 2.21. The Balaban J connectivity index is 1.76. The SMILES string of the molecule is COc1ccc(NC(=O)NC(CC(C)C)c2nnc3ccccn23)cc1. The molecule has 1 aromatic carbocycles. The van der Waals surface area contributed by atoms with E-state index in [9.17, 15) is 4.79 Å². The summed E-state index contributed by atoms with van der Waals surface area (Å²) < 4.78 is 7.03. The van der Waals surface area contributed by atoms with Gasteiger partial charge in [-0.05, 0) is 48.7 Å². The number of carbonyl (C=O) groups excluding carboxylic acids is 1. The topological polar surface area (TPSA) is 80.5 Å². The lowest BCUT2D eigenvalue weighted by molar-refractivity contribution is 0.245. The van der Waals surface area contributed by atoms with Gasteiger partial charge in [0.25, 0.3) is 0 Å². The number of rotatable bonds is 6. The fraction of sp³-hybridized carbons (Fsp3) is 0.316. The summed E-state index contributed by atoms with van der Waals surface area (Å²) >= 11 is 0. The van der Waals surface area contributed by atoms with E-state index >= 15 is 0 Å². The van der Waals surface area contributed by atoms with Crippen LogP contribution < -0.4 is 15.4 Å². The Labute approximate surface area is 152 Å². The maximum Gasteiger partial charge on any atom is 0.319 e. The van der Waals surface area contributed by atoms with Gasteiger partial charge in [0.1, 0.15) is 5.75 Å². The Morgan fingerprint density at radius 3 is 2.62 bits per heavy atom. The Hall–Kier alpha value is -3.09. The van der Waals surface area contributed by atoms with Crippen molar-refractivity contribution < 1.29 is 9.53 Å². The van der Waals surface area contributed by atoms with Crippen molar-refractivity contribution in [1.82, 2.24) is 19.9 Å². The van der Waals surface area contributed by atoms with Crippen molar-refractivity contribution in [3.63, 3.8) is 0 Å². The minimum atomic E-state index is -0.284. The molecule has 3 aromatic rings. The number of benzene rings is 1. The second-order valence-electron chi connectivity index (χ2n) is 6.50. The van der Waals surface area contributed by atoms with Crippen LogP contribution in [0.4, 0.5) is 10.5 Å². The Morgan fingerprint density at radius 2 is 1.92 bits per heavy atom. The van der Waals surface area contributed by atoms with E-state index in [1.54, 1.807) is 31.4 Å². The number of nitrogens with zero attached hydrogens (tertiary/aromatic N) is 3. The largest absolute Gasteiger partial charge is 0.497 e. The molecule has 3 rings (SSSR count). The molecular formula is C19H23N5O2. The van der Waals surface area contributed by atoms with E-state index in [4.69, 9.17) is 4.74 Å². The van der Waals surface area contributed by atoms with E-state index in [-0.39, 0.29) is 12.1 Å². The quantitative estimate of drug-likeness (QED) is 0.709. The number of urea groups is 1. The Morgan fingerprint density at radius 1 is 1.15 bits per heavy atom. The van der Waals surface area contributed by atoms with Crippen molar-refractivity contribution in [2.45, 2.75) is 26.3 Å². The van der Waals surface area contributed by atoms with Crippen molar-refractivity contribution in [2.24, 2.45) is 5.92 Å². The van der Waals surface area contributed by atoms with Crippen LogP contribution in [0.5, 0.6) is 5.75 Å². The van der Waals surface area contributed by atoms with Gasteiger partial charge >= 0.3 is 6.03 Å². The van der Waals surface area contributed by atoms with Crippen LogP contribution in [0.1, 0.15) is 32.1 Å². The summed E-state index contributed by atoms with van der Waals surface area (Å²) in [5.74, 6) is 1.85.